The summed E-state index contributed by atoms with van der Waals surface area (Å²) in [5.74, 6) is 0.254. The average molecular weight is 411 g/mol. The second-order valence-corrected chi connectivity index (χ2v) is 7.84. The second-order valence-electron chi connectivity index (χ2n) is 5.96. The standard InChI is InChI=1S/C15H26N4O5S.ClH/c1-12-15(13(2)24-17-12)25(21,22)19-7-4-6-18(8-9-19)14(20)11-16-5-10-23-3;/h16H,4-11H2,1-3H3;1H. The van der Waals surface area contributed by atoms with Gasteiger partial charge in [0.25, 0.3) is 0 Å². The van der Waals surface area contributed by atoms with Crippen LogP contribution in [0, 0.1) is 13.8 Å². The van der Waals surface area contributed by atoms with E-state index in [1.165, 1.54) is 4.31 Å². The molecule has 26 heavy (non-hydrogen) atoms. The van der Waals surface area contributed by atoms with E-state index in [2.05, 4.69) is 10.5 Å². The zero-order valence-corrected chi connectivity index (χ0v) is 17.0. The predicted molar refractivity (Wildman–Crippen MR) is 97.9 cm³/mol. The summed E-state index contributed by atoms with van der Waals surface area (Å²) in [6, 6.07) is 0. The molecule has 0 bridgehead atoms. The van der Waals surface area contributed by atoms with E-state index in [9.17, 15) is 13.2 Å². The Bertz CT molecular complexity index is 675. The maximum absolute atomic E-state index is 12.9. The molecular formula is C15H27ClN4O5S. The van der Waals surface area contributed by atoms with E-state index >= 15 is 0 Å². The Hall–Kier alpha value is -1.20. The lowest BCUT2D eigenvalue weighted by molar-refractivity contribution is -0.130. The number of aromatic nitrogens is 1. The van der Waals surface area contributed by atoms with Gasteiger partial charge in [0.15, 0.2) is 5.76 Å². The molecule has 1 aromatic heterocycles. The second kappa shape index (κ2) is 10.2. The molecule has 1 N–H and O–H groups in total. The van der Waals surface area contributed by atoms with Crippen molar-refractivity contribution >= 4 is 28.3 Å². The van der Waals surface area contributed by atoms with Gasteiger partial charge in [-0.1, -0.05) is 5.16 Å². The number of amides is 1. The predicted octanol–water partition coefficient (Wildman–Crippen LogP) is 0.172. The molecule has 2 rings (SSSR count). The molecular weight excluding hydrogens is 384 g/mol. The molecule has 0 radical (unpaired) electrons. The van der Waals surface area contributed by atoms with Gasteiger partial charge in [-0.2, -0.15) is 4.31 Å². The third-order valence-electron chi connectivity index (χ3n) is 4.13. The van der Waals surface area contributed by atoms with Crippen molar-refractivity contribution in [2.45, 2.75) is 25.2 Å². The summed E-state index contributed by atoms with van der Waals surface area (Å²) in [5.41, 5.74) is 0.358. The fraction of sp³-hybridized carbons (Fsp3) is 0.733. The first-order chi connectivity index (χ1) is 11.9. The Kier molecular flexibility index (Phi) is 8.97. The topological polar surface area (TPSA) is 105 Å². The van der Waals surface area contributed by atoms with Crippen LogP contribution in [0.4, 0.5) is 0 Å². The van der Waals surface area contributed by atoms with E-state index in [1.54, 1.807) is 25.9 Å². The van der Waals surface area contributed by atoms with Crippen molar-refractivity contribution in [2.75, 3.05) is 53.0 Å². The summed E-state index contributed by atoms with van der Waals surface area (Å²) in [4.78, 5) is 14.1. The number of nitrogens with one attached hydrogen (secondary N) is 1. The van der Waals surface area contributed by atoms with Crippen molar-refractivity contribution in [3.8, 4) is 0 Å². The molecule has 0 aromatic carbocycles. The summed E-state index contributed by atoms with van der Waals surface area (Å²) in [6.45, 7) is 6.10. The van der Waals surface area contributed by atoms with E-state index in [1.807, 2.05) is 0 Å². The third kappa shape index (κ3) is 5.40. The minimum atomic E-state index is -3.67. The molecule has 2 heterocycles. The van der Waals surface area contributed by atoms with Crippen molar-refractivity contribution in [3.05, 3.63) is 11.5 Å². The van der Waals surface area contributed by atoms with Gasteiger partial charge in [0.1, 0.15) is 10.6 Å². The first-order valence-corrected chi connectivity index (χ1v) is 9.72. The molecule has 150 valence electrons. The van der Waals surface area contributed by atoms with Crippen molar-refractivity contribution in [1.29, 1.82) is 0 Å². The summed E-state index contributed by atoms with van der Waals surface area (Å²) >= 11 is 0. The monoisotopic (exact) mass is 410 g/mol. The van der Waals surface area contributed by atoms with Gasteiger partial charge in [-0.05, 0) is 20.3 Å². The molecule has 1 aliphatic heterocycles. The molecule has 0 atom stereocenters. The van der Waals surface area contributed by atoms with Crippen molar-refractivity contribution in [1.82, 2.24) is 19.7 Å². The lowest BCUT2D eigenvalue weighted by Gasteiger charge is -2.22. The van der Waals surface area contributed by atoms with Gasteiger partial charge < -0.3 is 19.5 Å². The first-order valence-electron chi connectivity index (χ1n) is 8.28. The maximum atomic E-state index is 12.9. The molecule has 1 saturated heterocycles. The van der Waals surface area contributed by atoms with E-state index < -0.39 is 10.0 Å². The highest BCUT2D eigenvalue weighted by atomic mass is 35.5. The van der Waals surface area contributed by atoms with Crippen LogP contribution in [0.25, 0.3) is 0 Å². The van der Waals surface area contributed by atoms with Crippen LogP contribution in [0.2, 0.25) is 0 Å². The molecule has 0 unspecified atom stereocenters. The number of methoxy groups -OCH3 is 1. The Morgan fingerprint density at radius 3 is 2.62 bits per heavy atom. The Balaban J connectivity index is 0.00000338. The van der Waals surface area contributed by atoms with E-state index in [0.717, 1.165) is 0 Å². The third-order valence-corrected chi connectivity index (χ3v) is 6.28. The van der Waals surface area contributed by atoms with Crippen LogP contribution >= 0.6 is 12.4 Å². The molecule has 0 spiro atoms. The molecule has 1 amide bonds. The van der Waals surface area contributed by atoms with Gasteiger partial charge in [0.05, 0.1) is 13.2 Å². The minimum absolute atomic E-state index is 0. The Morgan fingerprint density at radius 1 is 1.27 bits per heavy atom. The van der Waals surface area contributed by atoms with Gasteiger partial charge in [0, 0.05) is 39.8 Å². The lowest BCUT2D eigenvalue weighted by Crippen LogP contribution is -2.41. The fourth-order valence-electron chi connectivity index (χ4n) is 2.84. The molecule has 1 aromatic rings. The van der Waals surface area contributed by atoms with Crippen LogP contribution in [0.3, 0.4) is 0 Å². The van der Waals surface area contributed by atoms with Crippen molar-refractivity contribution in [3.63, 3.8) is 0 Å². The molecule has 1 aliphatic rings. The molecule has 0 saturated carbocycles. The number of hydrogen-bond acceptors (Lipinski definition) is 7. The maximum Gasteiger partial charge on any atom is 0.248 e. The largest absolute Gasteiger partial charge is 0.383 e. The van der Waals surface area contributed by atoms with Crippen LogP contribution in [-0.2, 0) is 19.6 Å². The van der Waals surface area contributed by atoms with E-state index in [4.69, 9.17) is 9.26 Å². The van der Waals surface area contributed by atoms with Gasteiger partial charge in [0.2, 0.25) is 15.9 Å². The lowest BCUT2D eigenvalue weighted by atomic mass is 10.4. The van der Waals surface area contributed by atoms with Crippen LogP contribution in [-0.4, -0.2) is 81.7 Å². The SMILES string of the molecule is COCCNCC(=O)N1CCCN(S(=O)(=O)c2c(C)noc2C)CC1.Cl. The minimum Gasteiger partial charge on any atom is -0.383 e. The highest BCUT2D eigenvalue weighted by molar-refractivity contribution is 7.89. The highest BCUT2D eigenvalue weighted by Gasteiger charge is 2.32. The van der Waals surface area contributed by atoms with Crippen molar-refractivity contribution in [2.24, 2.45) is 0 Å². The summed E-state index contributed by atoms with van der Waals surface area (Å²) < 4.78 is 37.0. The quantitative estimate of drug-likeness (QED) is 0.639. The average Bonchev–Trinajstić information content (AvgIpc) is 2.78. The van der Waals surface area contributed by atoms with E-state index in [0.29, 0.717) is 44.9 Å². The van der Waals surface area contributed by atoms with Gasteiger partial charge >= 0.3 is 0 Å². The number of halogens is 1. The summed E-state index contributed by atoms with van der Waals surface area (Å²) in [6.07, 6.45) is 0.590. The fourth-order valence-corrected chi connectivity index (χ4v) is 4.60. The molecule has 1 fully saturated rings. The summed E-state index contributed by atoms with van der Waals surface area (Å²) in [5, 5.41) is 6.74. The number of aryl methyl sites for hydroxylation is 2. The van der Waals surface area contributed by atoms with Crippen LogP contribution < -0.4 is 5.32 Å². The number of carbonyl (C=O) groups is 1. The number of nitrogens with zero attached hydrogens (tertiary/aromatic N) is 3. The number of ether oxygens (including phenoxy) is 1. The van der Waals surface area contributed by atoms with E-state index in [-0.39, 0.29) is 42.1 Å². The molecule has 9 nitrogen and oxygen atoms in total. The smallest absolute Gasteiger partial charge is 0.248 e. The Labute approximate surface area is 160 Å². The van der Waals surface area contributed by atoms with Gasteiger partial charge in [-0.15, -0.1) is 12.4 Å². The van der Waals surface area contributed by atoms with Crippen molar-refractivity contribution < 1.29 is 22.5 Å². The zero-order valence-electron chi connectivity index (χ0n) is 15.4. The van der Waals surface area contributed by atoms with Gasteiger partial charge in [-0.25, -0.2) is 8.42 Å². The van der Waals surface area contributed by atoms with Crippen LogP contribution in [0.5, 0.6) is 0 Å². The van der Waals surface area contributed by atoms with Crippen LogP contribution in [0.1, 0.15) is 17.9 Å². The van der Waals surface area contributed by atoms with Gasteiger partial charge in [-0.3, -0.25) is 4.79 Å². The Morgan fingerprint density at radius 2 is 2.00 bits per heavy atom. The number of rotatable bonds is 7. The highest BCUT2D eigenvalue weighted by Crippen LogP contribution is 2.24. The normalized spacial score (nSPS) is 16.2. The summed E-state index contributed by atoms with van der Waals surface area (Å²) in [7, 11) is -2.07. The number of hydrogen-bond donors (Lipinski definition) is 1. The number of carbonyl (C=O) groups excluding carboxylic acids is 1. The number of sulfonamides is 1. The first kappa shape index (κ1) is 22.8. The van der Waals surface area contributed by atoms with Crippen LogP contribution in [0.15, 0.2) is 9.42 Å². The molecule has 0 aliphatic carbocycles. The zero-order chi connectivity index (χ0) is 18.4. The molecule has 11 heteroatoms.